The Morgan fingerprint density at radius 3 is 1.49 bits per heavy atom. The molecule has 4 aromatic carbocycles. The third-order valence-electron chi connectivity index (χ3n) is 22.0. The van der Waals surface area contributed by atoms with Gasteiger partial charge in [0.1, 0.15) is 90.3 Å². The van der Waals surface area contributed by atoms with Crippen LogP contribution in [0.25, 0.3) is 22.0 Å². The number of aliphatic hydroxyl groups excluding tert-OH is 1. The Morgan fingerprint density at radius 1 is 0.493 bits per heavy atom. The van der Waals surface area contributed by atoms with E-state index in [9.17, 15) is 77.6 Å². The molecule has 6 aromatic rings. The number of para-hydroxylation sites is 1. The zero-order valence-electron chi connectivity index (χ0n) is 76.5. The van der Waals surface area contributed by atoms with Gasteiger partial charge in [0.25, 0.3) is 0 Å². The number of carbonyl (C=O) groups is 18. The van der Waals surface area contributed by atoms with Crippen LogP contribution in [0.2, 0.25) is 0 Å². The standard InChI is InChI=1S/C91H125N21O21S/c1-47(2)32-62-81(123)100-61(22-16-17-31-92)80(122)102-63(33-48(3)4)86(128)110-77(50(7)8)90(132)108-70(43-113)88(130)109-71(79(121)97-42-73(94)116)44-134-45-74(117)99-67(38-72(93)115)84(126)103-64(35-53-25-29-58(114)30-26-53)82(124)105-68(39-75(118)119)85(127)104-66(36-56-40-96-60-21-15-14-20-59(56)60)87(129)111-76(49(5)6)89(131)106-65(34-52-23-27-55(28-24-52)54-18-12-11-13-19-54)83(125)107-69(37-57-41-95-46-98-57)91(133)112(10)51(9)78(120)101-62/h11-15,18-21,23-30,40-41,46-51,61-71,76-77,96,113-114H,16-17,22,31-39,42-45,92H2,1-10H3,(H2,93,115)(H2,94,116)(H,95,98)(H,97,121)(H,99,117)(H,100,123)(H,101,120)(H,102,122)(H,103,126)(H,104,127)(H,105,124)(H,106,131)(H,107,125)(H,108,132)(H,109,130)(H,110,128)(H,111,129)(H,118,119)/t51-,61-,62+,63-,64-,65-,66-,67-,68-,69-,70-,71-,76-,77-/m0/s1. The van der Waals surface area contributed by atoms with Gasteiger partial charge in [0, 0.05) is 67.5 Å². The molecule has 17 amide bonds. The number of thioether (sulfide) groups is 1. The van der Waals surface area contributed by atoms with Gasteiger partial charge >= 0.3 is 5.97 Å². The highest BCUT2D eigenvalue weighted by Gasteiger charge is 2.41. The fourth-order valence-corrected chi connectivity index (χ4v) is 15.4. The highest BCUT2D eigenvalue weighted by atomic mass is 32.2. The van der Waals surface area contributed by atoms with Crippen LogP contribution >= 0.6 is 11.8 Å². The van der Waals surface area contributed by atoms with Gasteiger partial charge in [-0.1, -0.05) is 140 Å². The number of aromatic amines is 2. The van der Waals surface area contributed by atoms with Gasteiger partial charge in [-0.25, -0.2) is 4.98 Å². The Bertz CT molecular complexity index is 5080. The molecule has 0 bridgehead atoms. The van der Waals surface area contributed by atoms with E-state index in [1.54, 1.807) is 96.3 Å². The van der Waals surface area contributed by atoms with Crippen LogP contribution in [0.4, 0.5) is 0 Å². The fourth-order valence-electron chi connectivity index (χ4n) is 14.6. The molecule has 1 fully saturated rings. The SMILES string of the molecule is CC(C)C[C@@H]1NC(=O)[C@H](CCCCN)NC(=O)[C@@H](CC(C)C)NC(=O)[C@H](C)N(C)C(=O)[C@H](Cc2cnc[nH]2)NC(=O)[C@H](Cc2ccc(-c3ccccc3)cc2)NC(=O)[C@H](C(C)C)NC(=O)[C@H](Cc2c[nH]c3ccccc23)NC(=O)[C@H](CC(=O)O)NC(=O)[C@H](Cc2ccc(O)cc2)NC(=O)[C@H](CC(N)=O)NC(=O)CSC[C@@H](C(=O)NCC(N)=O)NC(=O)[C@H](CO)NC(=O)[C@H](C(C)C)NC1=O. The Labute approximate surface area is 778 Å². The molecule has 43 heteroatoms. The molecule has 726 valence electrons. The summed E-state index contributed by atoms with van der Waals surface area (Å²) >= 11 is 0.615. The van der Waals surface area contributed by atoms with E-state index in [1.807, 2.05) is 30.3 Å². The number of aliphatic hydroxyl groups is 1. The number of aromatic nitrogens is 3. The number of aliphatic carboxylic acids is 1. The summed E-state index contributed by atoms with van der Waals surface area (Å²) in [7, 11) is 1.28. The lowest BCUT2D eigenvalue weighted by Gasteiger charge is -2.32. The number of H-pyrrole nitrogens is 2. The minimum Gasteiger partial charge on any atom is -0.508 e. The molecule has 1 saturated heterocycles. The molecule has 7 rings (SSSR count). The van der Waals surface area contributed by atoms with Crippen molar-refractivity contribution in [1.29, 1.82) is 0 Å². The molecule has 0 spiro atoms. The second kappa shape index (κ2) is 52.4. The number of carboxylic acid groups (broad SMARTS) is 1. The largest absolute Gasteiger partial charge is 0.508 e. The average Bonchev–Trinajstić information content (AvgIpc) is 1.73. The van der Waals surface area contributed by atoms with E-state index in [4.69, 9.17) is 17.2 Å². The maximum absolute atomic E-state index is 15.5. The molecule has 14 atom stereocenters. The average molecular weight is 1880 g/mol. The number of rotatable bonds is 27. The molecule has 0 saturated carbocycles. The van der Waals surface area contributed by atoms with Gasteiger partial charge < -0.3 is 122 Å². The number of aromatic hydroxyl groups is 1. The van der Waals surface area contributed by atoms with E-state index in [0.29, 0.717) is 45.9 Å². The maximum atomic E-state index is 15.5. The summed E-state index contributed by atoms with van der Waals surface area (Å²) in [6.45, 7) is 12.8. The van der Waals surface area contributed by atoms with Gasteiger partial charge in [-0.15, -0.1) is 11.8 Å². The second-order valence-corrected chi connectivity index (χ2v) is 35.5. The molecule has 25 N–H and O–H groups in total. The number of phenolic OH excluding ortho intramolecular Hbond substituents is 1. The lowest BCUT2D eigenvalue weighted by molar-refractivity contribution is -0.142. The number of imidazole rings is 1. The summed E-state index contributed by atoms with van der Waals surface area (Å²) < 4.78 is 0. The van der Waals surface area contributed by atoms with Crippen molar-refractivity contribution >= 4 is 129 Å². The number of carbonyl (C=O) groups excluding carboxylic acids is 17. The summed E-state index contributed by atoms with van der Waals surface area (Å²) in [5.74, 6) is -23.3. The van der Waals surface area contributed by atoms with E-state index in [2.05, 4.69) is 89.4 Å². The predicted molar refractivity (Wildman–Crippen MR) is 493 cm³/mol. The van der Waals surface area contributed by atoms with E-state index in [1.165, 1.54) is 64.6 Å². The van der Waals surface area contributed by atoms with Crippen LogP contribution in [-0.2, 0) is 112 Å². The van der Waals surface area contributed by atoms with Gasteiger partial charge in [0.2, 0.25) is 100 Å². The lowest BCUT2D eigenvalue weighted by atomic mass is 9.98. The normalized spacial score (nSPS) is 23.2. The molecule has 3 heterocycles. The number of hydrogen-bond donors (Lipinski definition) is 22. The summed E-state index contributed by atoms with van der Waals surface area (Å²) in [5.41, 5.74) is 20.5. The minimum atomic E-state index is -2.12. The molecule has 2 aromatic heterocycles. The van der Waals surface area contributed by atoms with Crippen molar-refractivity contribution in [3.63, 3.8) is 0 Å². The molecular formula is C91H125N21O21S. The highest BCUT2D eigenvalue weighted by molar-refractivity contribution is 8.00. The number of likely N-dealkylation sites (N-methyl/N-ethyl adjacent to an activating group) is 1. The monoisotopic (exact) mass is 1880 g/mol. The fraction of sp³-hybridized carbons (Fsp3) is 0.484. The zero-order valence-corrected chi connectivity index (χ0v) is 77.3. The van der Waals surface area contributed by atoms with Crippen LogP contribution in [0.15, 0.2) is 122 Å². The first kappa shape index (κ1) is 107. The van der Waals surface area contributed by atoms with E-state index in [0.717, 1.165) is 16.0 Å². The number of carboxylic acids is 1. The van der Waals surface area contributed by atoms with Crippen molar-refractivity contribution in [1.82, 2.24) is 94.3 Å². The Morgan fingerprint density at radius 2 is 0.955 bits per heavy atom. The van der Waals surface area contributed by atoms with Crippen molar-refractivity contribution in [2.24, 2.45) is 40.9 Å². The molecule has 1 aliphatic heterocycles. The molecule has 0 radical (unpaired) electrons. The number of nitrogens with two attached hydrogens (primary N) is 3. The van der Waals surface area contributed by atoms with Crippen LogP contribution in [0.3, 0.4) is 0 Å². The van der Waals surface area contributed by atoms with Crippen LogP contribution < -0.4 is 91.6 Å². The number of phenols is 1. The van der Waals surface area contributed by atoms with Gasteiger partial charge in [-0.3, -0.25) is 86.3 Å². The topological polar surface area (TPSA) is 662 Å². The molecule has 1 aliphatic rings. The van der Waals surface area contributed by atoms with Gasteiger partial charge in [0.05, 0.1) is 38.1 Å². The first-order valence-corrected chi connectivity index (χ1v) is 45.3. The van der Waals surface area contributed by atoms with Gasteiger partial charge in [-0.05, 0) is 115 Å². The van der Waals surface area contributed by atoms with Crippen LogP contribution in [0, 0.1) is 23.7 Å². The summed E-state index contributed by atoms with van der Waals surface area (Å²) in [6, 6.07) is 5.09. The van der Waals surface area contributed by atoms with E-state index >= 15 is 24.0 Å². The molecule has 0 aliphatic carbocycles. The maximum Gasteiger partial charge on any atom is 0.305 e. The van der Waals surface area contributed by atoms with Crippen molar-refractivity contribution < 1.29 is 102 Å². The smallest absolute Gasteiger partial charge is 0.305 e. The number of amides is 17. The second-order valence-electron chi connectivity index (χ2n) is 34.5. The third kappa shape index (κ3) is 33.8. The number of fused-ring (bicyclic) bond motifs is 1. The van der Waals surface area contributed by atoms with Crippen molar-refractivity contribution in [2.75, 3.05) is 38.2 Å². The lowest BCUT2D eigenvalue weighted by Crippen LogP contribution is -2.62. The number of hydrogen-bond acceptors (Lipinski definition) is 23. The number of nitrogens with one attached hydrogen (secondary N) is 16. The molecule has 134 heavy (non-hydrogen) atoms. The highest BCUT2D eigenvalue weighted by Crippen LogP contribution is 2.24. The predicted octanol–water partition coefficient (Wildman–Crippen LogP) is -2.09. The van der Waals surface area contributed by atoms with Crippen LogP contribution in [0.1, 0.15) is 130 Å². The van der Waals surface area contributed by atoms with Gasteiger partial charge in [0.15, 0.2) is 0 Å². The first-order chi connectivity index (χ1) is 63.5. The number of benzene rings is 4. The minimum absolute atomic E-state index is 0.0300. The zero-order chi connectivity index (χ0) is 98.7. The first-order valence-electron chi connectivity index (χ1n) is 44.1. The summed E-state index contributed by atoms with van der Waals surface area (Å²) in [6.07, 6.45) is 1.14. The number of nitrogens with zero attached hydrogens (tertiary/aromatic N) is 2. The molecule has 42 nitrogen and oxygen atoms in total. The number of primary amides is 2. The van der Waals surface area contributed by atoms with Crippen molar-refractivity contribution in [3.8, 4) is 16.9 Å². The van der Waals surface area contributed by atoms with Gasteiger partial charge in [-0.2, -0.15) is 0 Å². The van der Waals surface area contributed by atoms with Crippen molar-refractivity contribution in [3.05, 3.63) is 144 Å². The van der Waals surface area contributed by atoms with Crippen LogP contribution in [0.5, 0.6) is 5.75 Å². The summed E-state index contributed by atoms with van der Waals surface area (Å²) in [4.78, 5) is 270. The van der Waals surface area contributed by atoms with Crippen LogP contribution in [-0.4, -0.2) is 264 Å². The molecule has 0 unspecified atom stereocenters. The third-order valence-corrected chi connectivity index (χ3v) is 23.0. The van der Waals surface area contributed by atoms with Crippen molar-refractivity contribution in [2.45, 2.75) is 218 Å². The van der Waals surface area contributed by atoms with E-state index < -0.39 is 253 Å². The van der Waals surface area contributed by atoms with E-state index in [-0.39, 0.29) is 68.2 Å². The number of unbranched alkanes of at least 4 members (excludes halogenated alkanes) is 1. The Kier molecular flexibility index (Phi) is 41.9. The summed E-state index contributed by atoms with van der Waals surface area (Å²) in [5, 5.41) is 67.6. The molecular weight excluding hydrogens is 1760 g/mol. The Balaban J connectivity index is 1.32. The Hall–Kier alpha value is -13.8. The quantitative estimate of drug-likeness (QED) is 0.0246.